The molecule has 2 heterocycles. The molecule has 3 rings (SSSR count). The summed E-state index contributed by atoms with van der Waals surface area (Å²) in [6, 6.07) is 9.31. The number of fused-ring (bicyclic) bond motifs is 1. The van der Waals surface area contributed by atoms with E-state index in [1.807, 2.05) is 4.40 Å². The maximum absolute atomic E-state index is 12.2. The van der Waals surface area contributed by atoms with Crippen LogP contribution in [-0.2, 0) is 5.60 Å². The summed E-state index contributed by atoms with van der Waals surface area (Å²) in [5.74, 6) is 0. The predicted octanol–water partition coefficient (Wildman–Crippen LogP) is 3.91. The van der Waals surface area contributed by atoms with Gasteiger partial charge in [-0.05, 0) is 43.7 Å². The largest absolute Gasteiger partial charge is 0.405 e. The monoisotopic (exact) mass is 392 g/mol. The molecule has 28 heavy (non-hydrogen) atoms. The molecule has 6 nitrogen and oxygen atoms in total. The van der Waals surface area contributed by atoms with Crippen LogP contribution < -0.4 is 10.6 Å². The normalized spacial score (nSPS) is 12.2. The molecule has 0 unspecified atom stereocenters. The molecule has 0 spiro atoms. The smallest absolute Gasteiger partial charge is 0.386 e. The highest BCUT2D eigenvalue weighted by molar-refractivity contribution is 5.90. The molecule has 3 aromatic rings. The third kappa shape index (κ3) is 4.61. The number of aromatic nitrogens is 2. The number of nitrogens with zero attached hydrogens (tertiary/aromatic N) is 2. The number of aliphatic hydroxyl groups is 1. The van der Waals surface area contributed by atoms with Crippen molar-refractivity contribution in [1.82, 2.24) is 14.7 Å². The minimum absolute atomic E-state index is 0.347. The second kappa shape index (κ2) is 7.16. The molecule has 2 amide bonds. The summed E-state index contributed by atoms with van der Waals surface area (Å²) in [4.78, 5) is 16.0. The van der Waals surface area contributed by atoms with Gasteiger partial charge in [0.2, 0.25) is 0 Å². The summed E-state index contributed by atoms with van der Waals surface area (Å²) < 4.78 is 38.4. The average molecular weight is 392 g/mol. The van der Waals surface area contributed by atoms with E-state index in [0.29, 0.717) is 16.9 Å². The fraction of sp³-hybridized carbons (Fsp3) is 0.263. The van der Waals surface area contributed by atoms with Crippen molar-refractivity contribution in [2.45, 2.75) is 25.6 Å². The van der Waals surface area contributed by atoms with Gasteiger partial charge in [-0.15, -0.1) is 0 Å². The van der Waals surface area contributed by atoms with E-state index in [-0.39, 0.29) is 0 Å². The summed E-state index contributed by atoms with van der Waals surface area (Å²) >= 11 is 0. The van der Waals surface area contributed by atoms with Crippen LogP contribution in [-0.4, -0.2) is 33.2 Å². The van der Waals surface area contributed by atoms with Crippen molar-refractivity contribution in [1.29, 1.82) is 0 Å². The zero-order chi connectivity index (χ0) is 20.5. The van der Waals surface area contributed by atoms with E-state index in [2.05, 4.69) is 10.3 Å². The summed E-state index contributed by atoms with van der Waals surface area (Å²) in [6.07, 6.45) is -1.05. The SMILES string of the molecule is CC(C)(O)c1ccn2c(-c3cccc(NC(=O)NCC(F)(F)F)c3)cnc2c1. The molecule has 0 saturated heterocycles. The standard InChI is InChI=1S/C19H19F3N4O2/c1-18(2,28)13-6-7-26-15(10-23-16(26)9-13)12-4-3-5-14(8-12)25-17(27)24-11-19(20,21)22/h3-10,28H,11H2,1-2H3,(H2,24,25,27). The number of carbonyl (C=O) groups excluding carboxylic acids is 1. The van der Waals surface area contributed by atoms with Gasteiger partial charge in [0.1, 0.15) is 12.2 Å². The first kappa shape index (κ1) is 19.7. The van der Waals surface area contributed by atoms with Crippen LogP contribution in [0, 0.1) is 0 Å². The van der Waals surface area contributed by atoms with Crippen LogP contribution in [0.15, 0.2) is 48.8 Å². The number of amides is 2. The topological polar surface area (TPSA) is 78.7 Å². The quantitative estimate of drug-likeness (QED) is 0.630. The van der Waals surface area contributed by atoms with E-state index in [1.54, 1.807) is 68.0 Å². The summed E-state index contributed by atoms with van der Waals surface area (Å²) in [7, 11) is 0. The average Bonchev–Trinajstić information content (AvgIpc) is 3.02. The molecule has 0 saturated carbocycles. The van der Waals surface area contributed by atoms with Crippen LogP contribution in [0.2, 0.25) is 0 Å². The maximum Gasteiger partial charge on any atom is 0.405 e. The Morgan fingerprint density at radius 2 is 1.96 bits per heavy atom. The molecule has 1 aromatic carbocycles. The van der Waals surface area contributed by atoms with E-state index >= 15 is 0 Å². The lowest BCUT2D eigenvalue weighted by Crippen LogP contribution is -2.36. The Balaban J connectivity index is 1.83. The second-order valence-corrected chi connectivity index (χ2v) is 6.85. The molecule has 0 fully saturated rings. The molecular weight excluding hydrogens is 373 g/mol. The van der Waals surface area contributed by atoms with Gasteiger partial charge in [-0.3, -0.25) is 4.40 Å². The van der Waals surface area contributed by atoms with E-state index in [0.717, 1.165) is 11.3 Å². The number of nitrogens with one attached hydrogen (secondary N) is 2. The molecule has 0 aliphatic heterocycles. The first-order chi connectivity index (χ1) is 13.0. The summed E-state index contributed by atoms with van der Waals surface area (Å²) in [6.45, 7) is 1.96. The van der Waals surface area contributed by atoms with Gasteiger partial charge >= 0.3 is 12.2 Å². The number of urea groups is 1. The number of rotatable bonds is 4. The third-order valence-corrected chi connectivity index (χ3v) is 4.09. The maximum atomic E-state index is 12.2. The summed E-state index contributed by atoms with van der Waals surface area (Å²) in [5, 5.41) is 14.3. The minimum atomic E-state index is -4.47. The lowest BCUT2D eigenvalue weighted by atomic mass is 10.00. The van der Waals surface area contributed by atoms with Crippen molar-refractivity contribution < 1.29 is 23.1 Å². The zero-order valence-electron chi connectivity index (χ0n) is 15.2. The van der Waals surface area contributed by atoms with Gasteiger partial charge in [0.05, 0.1) is 17.5 Å². The van der Waals surface area contributed by atoms with Crippen molar-refractivity contribution >= 4 is 17.4 Å². The van der Waals surface area contributed by atoms with Crippen LogP contribution in [0.25, 0.3) is 16.9 Å². The van der Waals surface area contributed by atoms with Crippen molar-refractivity contribution in [3.8, 4) is 11.3 Å². The lowest BCUT2D eigenvalue weighted by molar-refractivity contribution is -0.122. The van der Waals surface area contributed by atoms with Crippen molar-refractivity contribution in [2.75, 3.05) is 11.9 Å². The minimum Gasteiger partial charge on any atom is -0.386 e. The number of benzene rings is 1. The fourth-order valence-corrected chi connectivity index (χ4v) is 2.69. The molecule has 9 heteroatoms. The lowest BCUT2D eigenvalue weighted by Gasteiger charge is -2.17. The van der Waals surface area contributed by atoms with Crippen LogP contribution in [0.3, 0.4) is 0 Å². The number of halogens is 3. The zero-order valence-corrected chi connectivity index (χ0v) is 15.2. The Labute approximate surface area is 159 Å². The second-order valence-electron chi connectivity index (χ2n) is 6.85. The van der Waals surface area contributed by atoms with Gasteiger partial charge in [0.15, 0.2) is 0 Å². The number of anilines is 1. The molecular formula is C19H19F3N4O2. The van der Waals surface area contributed by atoms with Crippen LogP contribution in [0.1, 0.15) is 19.4 Å². The fourth-order valence-electron chi connectivity index (χ4n) is 2.69. The highest BCUT2D eigenvalue weighted by Gasteiger charge is 2.27. The Morgan fingerprint density at radius 1 is 1.21 bits per heavy atom. The molecule has 148 valence electrons. The van der Waals surface area contributed by atoms with Gasteiger partial charge in [-0.2, -0.15) is 13.2 Å². The molecule has 0 bridgehead atoms. The van der Waals surface area contributed by atoms with Crippen molar-refractivity contribution in [3.05, 3.63) is 54.4 Å². The number of hydrogen-bond donors (Lipinski definition) is 3. The summed E-state index contributed by atoms with van der Waals surface area (Å²) in [5.41, 5.74) is 2.15. The number of alkyl halides is 3. The first-order valence-electron chi connectivity index (χ1n) is 8.45. The predicted molar refractivity (Wildman–Crippen MR) is 98.9 cm³/mol. The van der Waals surface area contributed by atoms with E-state index < -0.39 is 24.4 Å². The molecule has 0 aliphatic carbocycles. The number of carbonyl (C=O) groups is 1. The highest BCUT2D eigenvalue weighted by Crippen LogP contribution is 2.26. The molecule has 0 aliphatic rings. The van der Waals surface area contributed by atoms with Gasteiger partial charge in [-0.1, -0.05) is 12.1 Å². The van der Waals surface area contributed by atoms with Crippen molar-refractivity contribution in [2.24, 2.45) is 0 Å². The van der Waals surface area contributed by atoms with Crippen LogP contribution >= 0.6 is 0 Å². The van der Waals surface area contributed by atoms with Crippen LogP contribution in [0.5, 0.6) is 0 Å². The van der Waals surface area contributed by atoms with Gasteiger partial charge in [0.25, 0.3) is 0 Å². The first-order valence-corrected chi connectivity index (χ1v) is 8.45. The highest BCUT2D eigenvalue weighted by atomic mass is 19.4. The Morgan fingerprint density at radius 3 is 2.64 bits per heavy atom. The Hall–Kier alpha value is -3.07. The number of hydrogen-bond acceptors (Lipinski definition) is 3. The van der Waals surface area contributed by atoms with Gasteiger partial charge in [-0.25, -0.2) is 9.78 Å². The number of imidazole rings is 1. The Bertz CT molecular complexity index is 1010. The van der Waals surface area contributed by atoms with Gasteiger partial charge < -0.3 is 15.7 Å². The van der Waals surface area contributed by atoms with E-state index in [4.69, 9.17) is 0 Å². The van der Waals surface area contributed by atoms with Gasteiger partial charge in [0, 0.05) is 17.4 Å². The molecule has 2 aromatic heterocycles. The van der Waals surface area contributed by atoms with E-state index in [9.17, 15) is 23.1 Å². The Kier molecular flexibility index (Phi) is 5.03. The van der Waals surface area contributed by atoms with Crippen molar-refractivity contribution in [3.63, 3.8) is 0 Å². The van der Waals surface area contributed by atoms with E-state index in [1.165, 1.54) is 0 Å². The molecule has 0 atom stereocenters. The molecule has 0 radical (unpaired) electrons. The third-order valence-electron chi connectivity index (χ3n) is 4.09. The molecule has 3 N–H and O–H groups in total. The van der Waals surface area contributed by atoms with Crippen LogP contribution in [0.4, 0.5) is 23.7 Å². The number of pyridine rings is 1.